The van der Waals surface area contributed by atoms with Crippen molar-refractivity contribution in [2.45, 2.75) is 45.1 Å². The van der Waals surface area contributed by atoms with Gasteiger partial charge in [0.15, 0.2) is 0 Å². The van der Waals surface area contributed by atoms with Gasteiger partial charge in [-0.2, -0.15) is 0 Å². The second kappa shape index (κ2) is 5.58. The highest BCUT2D eigenvalue weighted by atomic mass is 16.5. The molecule has 1 aromatic rings. The minimum Gasteiger partial charge on any atom is -0.462 e. The van der Waals surface area contributed by atoms with Crippen LogP contribution in [-0.2, 0) is 9.53 Å². The molecule has 1 heterocycles. The largest absolute Gasteiger partial charge is 0.462 e. The van der Waals surface area contributed by atoms with Gasteiger partial charge in [-0.3, -0.25) is 4.79 Å². The molecule has 4 heteroatoms. The molecule has 1 aliphatic carbocycles. The van der Waals surface area contributed by atoms with Gasteiger partial charge in [0, 0.05) is 17.8 Å². The Morgan fingerprint density at radius 2 is 2.12 bits per heavy atom. The van der Waals surface area contributed by atoms with E-state index in [4.69, 9.17) is 0 Å². The Morgan fingerprint density at radius 3 is 2.44 bits per heavy atom. The van der Waals surface area contributed by atoms with Gasteiger partial charge in [0.2, 0.25) is 0 Å². The first-order valence-electron chi connectivity index (χ1n) is 5.40. The zero-order valence-corrected chi connectivity index (χ0v) is 10.0. The van der Waals surface area contributed by atoms with Crippen LogP contribution in [0.15, 0.2) is 18.6 Å². The fourth-order valence-electron chi connectivity index (χ4n) is 1.07. The lowest BCUT2D eigenvalue weighted by Crippen LogP contribution is -2.17. The van der Waals surface area contributed by atoms with E-state index in [1.54, 1.807) is 12.5 Å². The summed E-state index contributed by atoms with van der Waals surface area (Å²) in [7, 11) is 0. The summed E-state index contributed by atoms with van der Waals surface area (Å²) < 4.78 is 4.55. The fraction of sp³-hybridized carbons (Fsp3) is 0.583. The van der Waals surface area contributed by atoms with E-state index >= 15 is 0 Å². The number of carbonyl (C=O) groups excluding carboxylic acids is 1. The predicted molar refractivity (Wildman–Crippen MR) is 60.9 cm³/mol. The molecule has 0 unspecified atom stereocenters. The second-order valence-electron chi connectivity index (χ2n) is 4.73. The van der Waals surface area contributed by atoms with E-state index in [0.717, 1.165) is 5.92 Å². The lowest BCUT2D eigenvalue weighted by molar-refractivity contribution is -0.138. The summed E-state index contributed by atoms with van der Waals surface area (Å²) in [5.41, 5.74) is 0.895. The third kappa shape index (κ3) is 5.44. The van der Waals surface area contributed by atoms with Crippen LogP contribution in [0.3, 0.4) is 0 Å². The van der Waals surface area contributed by atoms with E-state index in [1.165, 1.54) is 18.5 Å². The van der Waals surface area contributed by atoms with Crippen molar-refractivity contribution in [2.75, 3.05) is 0 Å². The van der Waals surface area contributed by atoms with Gasteiger partial charge in [0.05, 0.1) is 0 Å². The maximum atomic E-state index is 9.60. The van der Waals surface area contributed by atoms with Gasteiger partial charge in [-0.15, -0.1) is 0 Å². The maximum absolute atomic E-state index is 9.60. The molecule has 0 radical (unpaired) electrons. The van der Waals surface area contributed by atoms with Crippen LogP contribution in [0, 0.1) is 0 Å². The van der Waals surface area contributed by atoms with Crippen LogP contribution in [0.2, 0.25) is 0 Å². The first kappa shape index (κ1) is 12.6. The molecule has 4 nitrogen and oxygen atoms in total. The molecule has 1 aliphatic rings. The van der Waals surface area contributed by atoms with E-state index < -0.39 is 0 Å². The summed E-state index contributed by atoms with van der Waals surface area (Å²) in [5, 5.41) is 0. The SMILES string of the molecule is CC(C)(C)OC=O.c1cc(C2CC2)ncn1. The molecule has 0 aliphatic heterocycles. The van der Waals surface area contributed by atoms with Crippen LogP contribution < -0.4 is 0 Å². The highest BCUT2D eigenvalue weighted by Gasteiger charge is 2.24. The van der Waals surface area contributed by atoms with Crippen LogP contribution >= 0.6 is 0 Å². The van der Waals surface area contributed by atoms with Crippen LogP contribution in [0.4, 0.5) is 0 Å². The summed E-state index contributed by atoms with van der Waals surface area (Å²) in [6.45, 7) is 5.92. The van der Waals surface area contributed by atoms with Gasteiger partial charge in [-0.1, -0.05) is 0 Å². The predicted octanol–water partition coefficient (Wildman–Crippen LogP) is 2.31. The first-order valence-corrected chi connectivity index (χ1v) is 5.40. The zero-order valence-electron chi connectivity index (χ0n) is 10.0. The molecular weight excluding hydrogens is 204 g/mol. The van der Waals surface area contributed by atoms with Gasteiger partial charge in [0.25, 0.3) is 6.47 Å². The average molecular weight is 222 g/mol. The van der Waals surface area contributed by atoms with Crippen molar-refractivity contribution in [3.8, 4) is 0 Å². The quantitative estimate of drug-likeness (QED) is 0.720. The first-order chi connectivity index (χ1) is 7.53. The Balaban J connectivity index is 0.000000168. The third-order valence-corrected chi connectivity index (χ3v) is 2.00. The number of rotatable bonds is 2. The molecule has 0 aromatic carbocycles. The van der Waals surface area contributed by atoms with Crippen molar-refractivity contribution < 1.29 is 9.53 Å². The molecule has 88 valence electrons. The van der Waals surface area contributed by atoms with Gasteiger partial charge >= 0.3 is 0 Å². The van der Waals surface area contributed by atoms with Crippen molar-refractivity contribution in [1.82, 2.24) is 9.97 Å². The van der Waals surface area contributed by atoms with E-state index in [2.05, 4.69) is 14.7 Å². The molecule has 0 atom stereocenters. The molecule has 0 spiro atoms. The molecule has 1 saturated carbocycles. The summed E-state index contributed by atoms with van der Waals surface area (Å²) in [6, 6.07) is 2.00. The van der Waals surface area contributed by atoms with Crippen molar-refractivity contribution in [3.63, 3.8) is 0 Å². The van der Waals surface area contributed by atoms with Crippen LogP contribution in [0.5, 0.6) is 0 Å². The number of carbonyl (C=O) groups is 1. The van der Waals surface area contributed by atoms with E-state index in [-0.39, 0.29) is 5.60 Å². The van der Waals surface area contributed by atoms with Crippen molar-refractivity contribution in [1.29, 1.82) is 0 Å². The monoisotopic (exact) mass is 222 g/mol. The Bertz CT molecular complexity index is 316. The highest BCUT2D eigenvalue weighted by Crippen LogP contribution is 2.38. The number of hydrogen-bond acceptors (Lipinski definition) is 4. The Kier molecular flexibility index (Phi) is 4.40. The number of hydrogen-bond donors (Lipinski definition) is 0. The summed E-state index contributed by atoms with van der Waals surface area (Å²) in [4.78, 5) is 17.6. The number of aromatic nitrogens is 2. The van der Waals surface area contributed by atoms with Gasteiger partial charge < -0.3 is 4.74 Å². The standard InChI is InChI=1S/C7H8N2.C5H10O2/c1-2-6(1)7-3-4-8-5-9-7;1-5(2,3)7-4-6/h3-6H,1-2H2;4H,1-3H3. The molecule has 0 N–H and O–H groups in total. The fourth-order valence-corrected chi connectivity index (χ4v) is 1.07. The molecular formula is C12H18N2O2. The topological polar surface area (TPSA) is 52.1 Å². The number of ether oxygens (including phenoxy) is 1. The molecule has 16 heavy (non-hydrogen) atoms. The van der Waals surface area contributed by atoms with Crippen LogP contribution in [-0.4, -0.2) is 22.0 Å². The molecule has 0 bridgehead atoms. The molecule has 0 amide bonds. The lowest BCUT2D eigenvalue weighted by Gasteiger charge is -2.14. The second-order valence-corrected chi connectivity index (χ2v) is 4.73. The highest BCUT2D eigenvalue weighted by molar-refractivity contribution is 5.37. The molecule has 1 fully saturated rings. The molecule has 1 aromatic heterocycles. The minimum atomic E-state index is -0.318. The van der Waals surface area contributed by atoms with Gasteiger partial charge in [0.1, 0.15) is 11.9 Å². The Morgan fingerprint density at radius 1 is 1.44 bits per heavy atom. The summed E-state index contributed by atoms with van der Waals surface area (Å²) in [5.74, 6) is 0.757. The van der Waals surface area contributed by atoms with Gasteiger partial charge in [-0.25, -0.2) is 9.97 Å². The lowest BCUT2D eigenvalue weighted by atomic mass is 10.2. The van der Waals surface area contributed by atoms with E-state index in [9.17, 15) is 4.79 Å². The maximum Gasteiger partial charge on any atom is 0.293 e. The van der Waals surface area contributed by atoms with Crippen LogP contribution in [0.1, 0.15) is 45.2 Å². The summed E-state index contributed by atoms with van der Waals surface area (Å²) >= 11 is 0. The Labute approximate surface area is 96.1 Å². The van der Waals surface area contributed by atoms with Crippen molar-refractivity contribution >= 4 is 6.47 Å². The van der Waals surface area contributed by atoms with Crippen molar-refractivity contribution in [2.24, 2.45) is 0 Å². The van der Waals surface area contributed by atoms with Crippen molar-refractivity contribution in [3.05, 3.63) is 24.3 Å². The zero-order chi connectivity index (χ0) is 12.0. The molecule has 2 rings (SSSR count). The van der Waals surface area contributed by atoms with Crippen LogP contribution in [0.25, 0.3) is 0 Å². The third-order valence-electron chi connectivity index (χ3n) is 2.00. The minimum absolute atomic E-state index is 0.318. The van der Waals surface area contributed by atoms with E-state index in [1.807, 2.05) is 26.8 Å². The number of nitrogens with zero attached hydrogens (tertiary/aromatic N) is 2. The average Bonchev–Trinajstić information content (AvgIpc) is 3.01. The van der Waals surface area contributed by atoms with E-state index in [0.29, 0.717) is 6.47 Å². The smallest absolute Gasteiger partial charge is 0.293 e. The van der Waals surface area contributed by atoms with Gasteiger partial charge in [-0.05, 0) is 39.7 Å². The summed E-state index contributed by atoms with van der Waals surface area (Å²) in [6.07, 6.45) is 6.06. The normalized spacial score (nSPS) is 14.7. The molecule has 0 saturated heterocycles. The Hall–Kier alpha value is -1.45.